The van der Waals surface area contributed by atoms with Crippen LogP contribution >= 0.6 is 0 Å². The highest BCUT2D eigenvalue weighted by atomic mass is 16.4. The first-order chi connectivity index (χ1) is 13.7. The van der Waals surface area contributed by atoms with Crippen LogP contribution in [0, 0.1) is 5.92 Å². The van der Waals surface area contributed by atoms with Crippen molar-refractivity contribution in [1.29, 1.82) is 0 Å². The van der Waals surface area contributed by atoms with Gasteiger partial charge >= 0.3 is 5.97 Å². The molecule has 0 amide bonds. The van der Waals surface area contributed by atoms with Crippen molar-refractivity contribution in [2.45, 2.75) is 69.2 Å². The van der Waals surface area contributed by atoms with Crippen LogP contribution in [0.2, 0.25) is 0 Å². The molecule has 1 aliphatic carbocycles. The van der Waals surface area contributed by atoms with Crippen LogP contribution in [-0.4, -0.2) is 59.1 Å². The molecule has 2 unspecified atom stereocenters. The summed E-state index contributed by atoms with van der Waals surface area (Å²) in [4.78, 5) is 17.0. The number of carbonyl (C=O) groups is 1. The second-order valence-electron chi connectivity index (χ2n) is 9.40. The summed E-state index contributed by atoms with van der Waals surface area (Å²) in [5.74, 6) is 0.501. The van der Waals surface area contributed by atoms with E-state index in [1.165, 1.54) is 63.7 Å². The highest BCUT2D eigenvalue weighted by Crippen LogP contribution is 2.44. The standard InChI is InChI=1S/C24H36N2O2/c27-23(28)16-24(12-6-2-7-13-24)26-18-21(17-25-14-8-3-9-15-25)22(19-26)20-10-4-1-5-11-20/h1,4-5,10-11,21-22H,2-3,6-9,12-19H2,(H,27,28). The molecule has 0 aromatic heterocycles. The van der Waals surface area contributed by atoms with E-state index in [1.807, 2.05) is 0 Å². The summed E-state index contributed by atoms with van der Waals surface area (Å²) in [5, 5.41) is 9.67. The molecule has 1 aromatic rings. The zero-order chi connectivity index (χ0) is 19.4. The molecule has 2 atom stereocenters. The normalized spacial score (nSPS) is 29.0. The molecule has 2 heterocycles. The zero-order valence-corrected chi connectivity index (χ0v) is 17.2. The zero-order valence-electron chi connectivity index (χ0n) is 17.2. The van der Waals surface area contributed by atoms with Gasteiger partial charge in [-0.1, -0.05) is 56.0 Å². The van der Waals surface area contributed by atoms with E-state index < -0.39 is 5.97 Å². The lowest BCUT2D eigenvalue weighted by atomic mass is 9.78. The Labute approximate surface area is 169 Å². The summed E-state index contributed by atoms with van der Waals surface area (Å²) in [5.41, 5.74) is 1.32. The molecule has 4 nitrogen and oxygen atoms in total. The van der Waals surface area contributed by atoms with Crippen molar-refractivity contribution in [1.82, 2.24) is 9.80 Å². The highest BCUT2D eigenvalue weighted by Gasteiger charge is 2.46. The highest BCUT2D eigenvalue weighted by molar-refractivity contribution is 5.68. The first kappa shape index (κ1) is 19.9. The van der Waals surface area contributed by atoms with E-state index in [9.17, 15) is 9.90 Å². The number of aliphatic carboxylic acids is 1. The van der Waals surface area contributed by atoms with Crippen molar-refractivity contribution in [3.05, 3.63) is 35.9 Å². The van der Waals surface area contributed by atoms with Crippen molar-refractivity contribution >= 4 is 5.97 Å². The molecule has 1 N–H and O–H groups in total. The fourth-order valence-corrected chi connectivity index (χ4v) is 6.09. The number of carboxylic acid groups (broad SMARTS) is 1. The predicted octanol–water partition coefficient (Wildman–Crippen LogP) is 4.37. The van der Waals surface area contributed by atoms with Crippen LogP contribution in [0.3, 0.4) is 0 Å². The van der Waals surface area contributed by atoms with Crippen LogP contribution in [-0.2, 0) is 4.79 Å². The second-order valence-corrected chi connectivity index (χ2v) is 9.40. The molecule has 4 heteroatoms. The Morgan fingerprint density at radius 1 is 0.964 bits per heavy atom. The Bertz CT molecular complexity index is 635. The van der Waals surface area contributed by atoms with E-state index in [0.717, 1.165) is 25.9 Å². The molecule has 0 radical (unpaired) electrons. The van der Waals surface area contributed by atoms with Gasteiger partial charge in [0.2, 0.25) is 0 Å². The van der Waals surface area contributed by atoms with Gasteiger partial charge in [-0.2, -0.15) is 0 Å². The lowest BCUT2D eigenvalue weighted by molar-refractivity contribution is -0.141. The van der Waals surface area contributed by atoms with Gasteiger partial charge in [-0.3, -0.25) is 9.69 Å². The van der Waals surface area contributed by atoms with Crippen molar-refractivity contribution in [3.8, 4) is 0 Å². The lowest BCUT2D eigenvalue weighted by Gasteiger charge is -2.44. The van der Waals surface area contributed by atoms with Crippen LogP contribution in [0.15, 0.2) is 30.3 Å². The van der Waals surface area contributed by atoms with E-state index in [2.05, 4.69) is 40.1 Å². The number of hydrogen-bond acceptors (Lipinski definition) is 3. The first-order valence-electron chi connectivity index (χ1n) is 11.4. The largest absolute Gasteiger partial charge is 0.481 e. The van der Waals surface area contributed by atoms with Gasteiger partial charge in [0.1, 0.15) is 0 Å². The van der Waals surface area contributed by atoms with Gasteiger partial charge in [-0.25, -0.2) is 0 Å². The van der Waals surface area contributed by atoms with E-state index in [0.29, 0.717) is 18.3 Å². The van der Waals surface area contributed by atoms with Gasteiger partial charge in [-0.15, -0.1) is 0 Å². The number of benzene rings is 1. The molecule has 1 aromatic carbocycles. The van der Waals surface area contributed by atoms with Crippen LogP contribution in [0.5, 0.6) is 0 Å². The Morgan fingerprint density at radius 2 is 1.64 bits per heavy atom. The molecule has 154 valence electrons. The third-order valence-corrected chi connectivity index (χ3v) is 7.55. The molecular formula is C24H36N2O2. The number of hydrogen-bond donors (Lipinski definition) is 1. The van der Waals surface area contributed by atoms with Gasteiger partial charge in [0.05, 0.1) is 6.42 Å². The average molecular weight is 385 g/mol. The van der Waals surface area contributed by atoms with Crippen LogP contribution < -0.4 is 0 Å². The maximum Gasteiger partial charge on any atom is 0.305 e. The number of rotatable bonds is 6. The SMILES string of the molecule is O=C(O)CC1(N2CC(CN3CCCCC3)C(c3ccccc3)C2)CCCCC1. The molecule has 0 spiro atoms. The van der Waals surface area contributed by atoms with Gasteiger partial charge in [0, 0.05) is 31.1 Å². The maximum absolute atomic E-state index is 11.7. The van der Waals surface area contributed by atoms with Gasteiger partial charge in [0.15, 0.2) is 0 Å². The van der Waals surface area contributed by atoms with Crippen molar-refractivity contribution in [3.63, 3.8) is 0 Å². The summed E-state index contributed by atoms with van der Waals surface area (Å²) < 4.78 is 0. The van der Waals surface area contributed by atoms with E-state index in [-0.39, 0.29) is 5.54 Å². The predicted molar refractivity (Wildman–Crippen MR) is 113 cm³/mol. The maximum atomic E-state index is 11.7. The Kier molecular flexibility index (Phi) is 6.37. The van der Waals surface area contributed by atoms with E-state index in [1.54, 1.807) is 0 Å². The van der Waals surface area contributed by atoms with Crippen molar-refractivity contribution in [2.75, 3.05) is 32.7 Å². The minimum Gasteiger partial charge on any atom is -0.481 e. The fraction of sp³-hybridized carbons (Fsp3) is 0.708. The van der Waals surface area contributed by atoms with E-state index in [4.69, 9.17) is 0 Å². The Morgan fingerprint density at radius 3 is 2.32 bits per heavy atom. The van der Waals surface area contributed by atoms with Crippen molar-refractivity contribution in [2.24, 2.45) is 5.92 Å². The molecule has 1 saturated carbocycles. The minimum atomic E-state index is -0.627. The minimum absolute atomic E-state index is 0.117. The fourth-order valence-electron chi connectivity index (χ4n) is 6.09. The summed E-state index contributed by atoms with van der Waals surface area (Å²) in [6.45, 7) is 5.72. The summed E-state index contributed by atoms with van der Waals surface area (Å²) in [6, 6.07) is 11.0. The average Bonchev–Trinajstić information content (AvgIpc) is 3.14. The molecule has 4 rings (SSSR count). The molecule has 2 aliphatic heterocycles. The number of nitrogens with zero attached hydrogens (tertiary/aromatic N) is 2. The van der Waals surface area contributed by atoms with Gasteiger partial charge in [0.25, 0.3) is 0 Å². The molecule has 28 heavy (non-hydrogen) atoms. The number of carboxylic acids is 1. The van der Waals surface area contributed by atoms with Crippen LogP contribution in [0.1, 0.15) is 69.3 Å². The first-order valence-corrected chi connectivity index (χ1v) is 11.4. The summed E-state index contributed by atoms with van der Waals surface area (Å²) in [7, 11) is 0. The van der Waals surface area contributed by atoms with Crippen LogP contribution in [0.25, 0.3) is 0 Å². The second kappa shape index (κ2) is 8.96. The number of likely N-dealkylation sites (tertiary alicyclic amines) is 2. The third-order valence-electron chi connectivity index (χ3n) is 7.55. The molecular weight excluding hydrogens is 348 g/mol. The Balaban J connectivity index is 1.56. The van der Waals surface area contributed by atoms with E-state index >= 15 is 0 Å². The molecule has 2 saturated heterocycles. The summed E-state index contributed by atoms with van der Waals surface area (Å²) >= 11 is 0. The quantitative estimate of drug-likeness (QED) is 0.791. The van der Waals surface area contributed by atoms with Crippen molar-refractivity contribution < 1.29 is 9.90 Å². The van der Waals surface area contributed by atoms with Gasteiger partial charge < -0.3 is 10.0 Å². The van der Waals surface area contributed by atoms with Gasteiger partial charge in [-0.05, 0) is 50.3 Å². The topological polar surface area (TPSA) is 43.8 Å². The smallest absolute Gasteiger partial charge is 0.305 e. The number of piperidine rings is 1. The molecule has 0 bridgehead atoms. The lowest BCUT2D eigenvalue weighted by Crippen LogP contribution is -2.50. The Hall–Kier alpha value is -1.39. The summed E-state index contributed by atoms with van der Waals surface area (Å²) in [6.07, 6.45) is 10.1. The molecule has 3 aliphatic rings. The monoisotopic (exact) mass is 384 g/mol. The third kappa shape index (κ3) is 4.44. The molecule has 3 fully saturated rings. The van der Waals surface area contributed by atoms with Crippen LogP contribution in [0.4, 0.5) is 0 Å².